The average molecular weight is 577 g/mol. The van der Waals surface area contributed by atoms with Crippen molar-refractivity contribution in [2.24, 2.45) is 0 Å². The van der Waals surface area contributed by atoms with E-state index in [2.05, 4.69) is 0 Å². The Bertz CT molecular complexity index is 1550. The summed E-state index contributed by atoms with van der Waals surface area (Å²) in [4.78, 5) is 55.2. The summed E-state index contributed by atoms with van der Waals surface area (Å²) >= 11 is 12.0. The molecule has 0 saturated heterocycles. The molecule has 0 bridgehead atoms. The van der Waals surface area contributed by atoms with Crippen molar-refractivity contribution in [3.8, 4) is 0 Å². The van der Waals surface area contributed by atoms with E-state index in [-0.39, 0.29) is 11.8 Å². The predicted molar refractivity (Wildman–Crippen MR) is 150 cm³/mol. The van der Waals surface area contributed by atoms with E-state index in [9.17, 15) is 19.2 Å². The van der Waals surface area contributed by atoms with Crippen molar-refractivity contribution in [1.29, 1.82) is 0 Å². The Morgan fingerprint density at radius 3 is 1.16 bits per heavy atom. The minimum absolute atomic E-state index is 0.296. The third-order valence-corrected chi connectivity index (χ3v) is 9.01. The van der Waals surface area contributed by atoms with Crippen LogP contribution in [0.5, 0.6) is 0 Å². The fourth-order valence-electron chi connectivity index (χ4n) is 4.29. The van der Waals surface area contributed by atoms with Crippen LogP contribution in [0.25, 0.3) is 0 Å². The van der Waals surface area contributed by atoms with Gasteiger partial charge in [-0.2, -0.15) is 0 Å². The van der Waals surface area contributed by atoms with Gasteiger partial charge in [-0.25, -0.2) is 9.80 Å². The second-order valence-corrected chi connectivity index (χ2v) is 11.6. The molecule has 4 aromatic carbocycles. The number of carbonyl (C=O) groups is 4. The van der Waals surface area contributed by atoms with E-state index in [4.69, 9.17) is 23.2 Å². The monoisotopic (exact) mass is 576 g/mol. The smallest absolute Gasteiger partial charge is 0.266 e. The van der Waals surface area contributed by atoms with Gasteiger partial charge in [-0.1, -0.05) is 44.8 Å². The zero-order chi connectivity index (χ0) is 26.6. The highest BCUT2D eigenvalue weighted by molar-refractivity contribution is 8.76. The summed E-state index contributed by atoms with van der Waals surface area (Å²) in [6.07, 6.45) is 0. The first-order chi connectivity index (χ1) is 18.3. The summed E-state index contributed by atoms with van der Waals surface area (Å²) in [7, 11) is 2.99. The molecule has 0 fully saturated rings. The number of hydrogen-bond acceptors (Lipinski definition) is 6. The van der Waals surface area contributed by atoms with Gasteiger partial charge in [0, 0.05) is 19.8 Å². The average Bonchev–Trinajstić information content (AvgIpc) is 3.31. The molecule has 0 unspecified atom stereocenters. The minimum atomic E-state index is -0.400. The lowest BCUT2D eigenvalue weighted by Crippen LogP contribution is -2.29. The number of hydrogen-bond donors (Lipinski definition) is 0. The first kappa shape index (κ1) is 24.8. The van der Waals surface area contributed by atoms with Crippen LogP contribution in [0.15, 0.2) is 94.7 Å². The highest BCUT2D eigenvalue weighted by Gasteiger charge is 2.37. The van der Waals surface area contributed by atoms with Crippen molar-refractivity contribution in [3.63, 3.8) is 0 Å². The Hall–Kier alpha value is -3.56. The summed E-state index contributed by atoms with van der Waals surface area (Å²) in [5.74, 6) is -1.55. The lowest BCUT2D eigenvalue weighted by Gasteiger charge is -2.15. The highest BCUT2D eigenvalue weighted by atomic mass is 35.5. The zero-order valence-electron chi connectivity index (χ0n) is 19.2. The van der Waals surface area contributed by atoms with Gasteiger partial charge >= 0.3 is 0 Å². The topological polar surface area (TPSA) is 74.8 Å². The normalized spacial score (nSPS) is 14.4. The SMILES string of the molecule is O=C1c2ccc(Cl)cc2C(=O)N1c1ccc(SSc2ccc(N3C(=O)c4ccc(Cl)cc4C3=O)cc2)cc1. The van der Waals surface area contributed by atoms with Crippen LogP contribution in [0.3, 0.4) is 0 Å². The Morgan fingerprint density at radius 1 is 0.447 bits per heavy atom. The van der Waals surface area contributed by atoms with E-state index in [0.29, 0.717) is 43.7 Å². The number of carbonyl (C=O) groups excluding carboxylic acids is 4. The Kier molecular flexibility index (Phi) is 6.28. The highest BCUT2D eigenvalue weighted by Crippen LogP contribution is 2.40. The Labute approximate surface area is 234 Å². The maximum atomic E-state index is 12.8. The van der Waals surface area contributed by atoms with E-state index in [1.807, 2.05) is 24.3 Å². The fourth-order valence-corrected chi connectivity index (χ4v) is 6.57. The largest absolute Gasteiger partial charge is 0.268 e. The van der Waals surface area contributed by atoms with E-state index < -0.39 is 11.8 Å². The van der Waals surface area contributed by atoms with Crippen LogP contribution in [0.4, 0.5) is 11.4 Å². The number of anilines is 2. The minimum Gasteiger partial charge on any atom is -0.268 e. The van der Waals surface area contributed by atoms with E-state index >= 15 is 0 Å². The summed E-state index contributed by atoms with van der Waals surface area (Å²) in [5, 5.41) is 0.800. The first-order valence-electron chi connectivity index (χ1n) is 11.2. The second-order valence-electron chi connectivity index (χ2n) is 8.43. The van der Waals surface area contributed by atoms with E-state index in [1.165, 1.54) is 33.7 Å². The van der Waals surface area contributed by atoms with Crippen molar-refractivity contribution in [2.45, 2.75) is 9.79 Å². The van der Waals surface area contributed by atoms with Gasteiger partial charge in [0.2, 0.25) is 0 Å². The first-order valence-corrected chi connectivity index (χ1v) is 14.1. The summed E-state index contributed by atoms with van der Waals surface area (Å²) in [6, 6.07) is 23.6. The van der Waals surface area contributed by atoms with Crippen molar-refractivity contribution in [3.05, 3.63) is 117 Å². The number of rotatable bonds is 5. The van der Waals surface area contributed by atoms with Gasteiger partial charge in [-0.05, 0) is 84.9 Å². The van der Waals surface area contributed by atoms with Gasteiger partial charge in [-0.3, -0.25) is 19.2 Å². The van der Waals surface area contributed by atoms with Crippen LogP contribution in [0, 0.1) is 0 Å². The molecule has 10 heteroatoms. The van der Waals surface area contributed by atoms with Crippen molar-refractivity contribution in [2.75, 3.05) is 9.80 Å². The maximum Gasteiger partial charge on any atom is 0.266 e. The Balaban J connectivity index is 1.12. The number of nitrogens with zero attached hydrogens (tertiary/aromatic N) is 2. The van der Waals surface area contributed by atoms with Crippen LogP contribution >= 0.6 is 44.8 Å². The molecule has 186 valence electrons. The van der Waals surface area contributed by atoms with Crippen LogP contribution in [-0.4, -0.2) is 23.6 Å². The number of imide groups is 2. The van der Waals surface area contributed by atoms with Gasteiger partial charge in [0.25, 0.3) is 23.6 Å². The van der Waals surface area contributed by atoms with Crippen molar-refractivity contribution >= 4 is 79.8 Å². The molecule has 0 atom stereocenters. The zero-order valence-corrected chi connectivity index (χ0v) is 22.3. The standard InChI is InChI=1S/C28H14Cl2N2O4S2/c29-15-1-11-21-23(13-15)27(35)31(25(21)33)17-3-7-19(8-4-17)37-38-20-9-5-18(6-10-20)32-26(34)22-12-2-16(30)14-24(22)28(32)36/h1-14H. The number of fused-ring (bicyclic) bond motifs is 2. The van der Waals surface area contributed by atoms with E-state index in [1.54, 1.807) is 48.5 Å². The number of halogens is 2. The molecule has 0 N–H and O–H groups in total. The molecule has 0 aliphatic carbocycles. The third-order valence-electron chi connectivity index (χ3n) is 6.12. The molecule has 6 rings (SSSR count). The lowest BCUT2D eigenvalue weighted by atomic mass is 10.1. The quantitative estimate of drug-likeness (QED) is 0.182. The molecular formula is C28H14Cl2N2O4S2. The molecule has 38 heavy (non-hydrogen) atoms. The molecule has 4 amide bonds. The summed E-state index contributed by atoms with van der Waals surface area (Å²) in [6.45, 7) is 0. The molecule has 0 saturated carbocycles. The molecule has 2 heterocycles. The number of benzene rings is 4. The molecule has 0 radical (unpaired) electrons. The predicted octanol–water partition coefficient (Wildman–Crippen LogP) is 7.39. The summed E-state index contributed by atoms with van der Waals surface area (Å²) < 4.78 is 0. The molecule has 0 aromatic heterocycles. The lowest BCUT2D eigenvalue weighted by molar-refractivity contribution is 0.0910. The second kappa shape index (κ2) is 9.63. The van der Waals surface area contributed by atoms with Crippen LogP contribution in [0.2, 0.25) is 10.0 Å². The molecule has 6 nitrogen and oxygen atoms in total. The molecular weight excluding hydrogens is 563 g/mol. The number of amides is 4. The Morgan fingerprint density at radius 2 is 0.789 bits per heavy atom. The van der Waals surface area contributed by atoms with Crippen LogP contribution in [-0.2, 0) is 0 Å². The van der Waals surface area contributed by atoms with Crippen molar-refractivity contribution in [1.82, 2.24) is 0 Å². The molecule has 0 spiro atoms. The van der Waals surface area contributed by atoms with E-state index in [0.717, 1.165) is 19.6 Å². The van der Waals surface area contributed by atoms with Crippen LogP contribution in [0.1, 0.15) is 41.4 Å². The van der Waals surface area contributed by atoms with Gasteiger partial charge in [-0.15, -0.1) is 0 Å². The van der Waals surface area contributed by atoms with Gasteiger partial charge in [0.05, 0.1) is 33.6 Å². The molecule has 4 aromatic rings. The van der Waals surface area contributed by atoms with Gasteiger partial charge in [0.1, 0.15) is 0 Å². The van der Waals surface area contributed by atoms with Gasteiger partial charge in [0.15, 0.2) is 0 Å². The third kappa shape index (κ3) is 4.19. The fraction of sp³-hybridized carbons (Fsp3) is 0. The maximum absolute atomic E-state index is 12.8. The summed E-state index contributed by atoms with van der Waals surface area (Å²) in [5.41, 5.74) is 2.22. The molecule has 2 aliphatic heterocycles. The molecule has 2 aliphatic rings. The van der Waals surface area contributed by atoms with Crippen LogP contribution < -0.4 is 9.80 Å². The van der Waals surface area contributed by atoms with Crippen molar-refractivity contribution < 1.29 is 19.2 Å². The van der Waals surface area contributed by atoms with Gasteiger partial charge < -0.3 is 0 Å².